The van der Waals surface area contributed by atoms with E-state index in [0.717, 1.165) is 54.1 Å². The number of hydrogen-bond donors (Lipinski definition) is 0. The molecule has 0 aliphatic carbocycles. The van der Waals surface area contributed by atoms with Gasteiger partial charge in [-0.05, 0) is 37.6 Å². The Balaban J connectivity index is 1.36. The number of rotatable bonds is 2. The molecule has 4 heterocycles. The van der Waals surface area contributed by atoms with E-state index in [1.807, 2.05) is 19.1 Å². The van der Waals surface area contributed by atoms with Gasteiger partial charge in [-0.2, -0.15) is 4.52 Å². The number of thiazole rings is 1. The number of fused-ring (bicyclic) bond motifs is 2. The Morgan fingerprint density at radius 3 is 2.54 bits per heavy atom. The van der Waals surface area contributed by atoms with Gasteiger partial charge >= 0.3 is 0 Å². The molecular weight excluding hydrogens is 346 g/mol. The predicted molar refractivity (Wildman–Crippen MR) is 104 cm³/mol. The molecule has 0 spiro atoms. The maximum absolute atomic E-state index is 4.87. The van der Waals surface area contributed by atoms with Crippen molar-refractivity contribution in [1.82, 2.24) is 24.8 Å². The van der Waals surface area contributed by atoms with Crippen molar-refractivity contribution < 1.29 is 0 Å². The molecule has 1 aromatic carbocycles. The average molecular weight is 365 g/mol. The lowest BCUT2D eigenvalue weighted by molar-refractivity contribution is 0.640. The van der Waals surface area contributed by atoms with Crippen molar-refractivity contribution in [3.63, 3.8) is 0 Å². The number of benzene rings is 1. The highest BCUT2D eigenvalue weighted by Gasteiger charge is 2.21. The lowest BCUT2D eigenvalue weighted by Crippen LogP contribution is -2.47. The van der Waals surface area contributed by atoms with E-state index in [1.54, 1.807) is 15.9 Å². The topological polar surface area (TPSA) is 62.5 Å². The first-order chi connectivity index (χ1) is 12.7. The monoisotopic (exact) mass is 365 g/mol. The Morgan fingerprint density at radius 2 is 1.73 bits per heavy atom. The highest BCUT2D eigenvalue weighted by atomic mass is 32.1. The number of aryl methyl sites for hydroxylation is 2. The van der Waals surface area contributed by atoms with Gasteiger partial charge < -0.3 is 9.80 Å². The van der Waals surface area contributed by atoms with Gasteiger partial charge in [-0.1, -0.05) is 23.5 Å². The van der Waals surface area contributed by atoms with E-state index in [0.29, 0.717) is 0 Å². The van der Waals surface area contributed by atoms with Gasteiger partial charge in [-0.3, -0.25) is 0 Å². The van der Waals surface area contributed by atoms with Crippen molar-refractivity contribution in [2.45, 2.75) is 13.8 Å². The molecule has 1 saturated heterocycles. The number of para-hydroxylation sites is 1. The van der Waals surface area contributed by atoms with E-state index in [-0.39, 0.29) is 0 Å². The maximum Gasteiger partial charge on any atom is 0.186 e. The summed E-state index contributed by atoms with van der Waals surface area (Å²) in [5, 5.41) is 14.0. The summed E-state index contributed by atoms with van der Waals surface area (Å²) in [4.78, 5) is 9.56. The molecule has 0 radical (unpaired) electrons. The second-order valence-electron chi connectivity index (χ2n) is 6.60. The molecule has 3 aromatic heterocycles. The molecule has 1 fully saturated rings. The summed E-state index contributed by atoms with van der Waals surface area (Å²) in [7, 11) is 0. The van der Waals surface area contributed by atoms with E-state index < -0.39 is 0 Å². The van der Waals surface area contributed by atoms with Crippen molar-refractivity contribution in [3.8, 4) is 0 Å². The van der Waals surface area contributed by atoms with Crippen LogP contribution in [0.25, 0.3) is 15.9 Å². The van der Waals surface area contributed by atoms with Crippen LogP contribution < -0.4 is 9.80 Å². The fourth-order valence-electron chi connectivity index (χ4n) is 3.39. The minimum atomic E-state index is 0.787. The van der Waals surface area contributed by atoms with Gasteiger partial charge in [-0.15, -0.1) is 15.3 Å². The van der Waals surface area contributed by atoms with Gasteiger partial charge in [-0.25, -0.2) is 4.98 Å². The average Bonchev–Trinajstić information content (AvgIpc) is 3.27. The van der Waals surface area contributed by atoms with Crippen LogP contribution in [-0.2, 0) is 0 Å². The highest BCUT2D eigenvalue weighted by molar-refractivity contribution is 7.22. The van der Waals surface area contributed by atoms with Crippen LogP contribution >= 0.6 is 11.3 Å². The molecule has 8 heteroatoms. The van der Waals surface area contributed by atoms with Crippen LogP contribution in [0.2, 0.25) is 0 Å². The number of aromatic nitrogens is 5. The predicted octanol–water partition coefficient (Wildman–Crippen LogP) is 2.68. The third kappa shape index (κ3) is 2.48. The molecule has 4 aromatic rings. The molecule has 0 saturated carbocycles. The van der Waals surface area contributed by atoms with Gasteiger partial charge in [0.05, 0.1) is 10.2 Å². The molecule has 5 rings (SSSR count). The quantitative estimate of drug-likeness (QED) is 0.544. The van der Waals surface area contributed by atoms with E-state index >= 15 is 0 Å². The smallest absolute Gasteiger partial charge is 0.186 e. The first-order valence-electron chi connectivity index (χ1n) is 8.74. The summed E-state index contributed by atoms with van der Waals surface area (Å²) in [6, 6.07) is 10.4. The van der Waals surface area contributed by atoms with Crippen LogP contribution in [0.1, 0.15) is 11.4 Å². The highest BCUT2D eigenvalue weighted by Crippen LogP contribution is 2.31. The molecule has 132 valence electrons. The SMILES string of the molecule is Cc1cccc2sc(N3CCN(c4ccc5nnc(C)n5n4)CC3)nc12. The first kappa shape index (κ1) is 15.5. The van der Waals surface area contributed by atoms with Crippen LogP contribution in [0.4, 0.5) is 10.9 Å². The number of piperazine rings is 1. The summed E-state index contributed by atoms with van der Waals surface area (Å²) >= 11 is 1.78. The van der Waals surface area contributed by atoms with Crippen molar-refractivity contribution >= 4 is 38.2 Å². The van der Waals surface area contributed by atoms with Crippen molar-refractivity contribution in [3.05, 3.63) is 41.7 Å². The summed E-state index contributed by atoms with van der Waals surface area (Å²) in [6.07, 6.45) is 0. The molecule has 1 aliphatic heterocycles. The zero-order valence-electron chi connectivity index (χ0n) is 14.8. The number of nitrogens with zero attached hydrogens (tertiary/aromatic N) is 7. The van der Waals surface area contributed by atoms with E-state index in [9.17, 15) is 0 Å². The lowest BCUT2D eigenvalue weighted by Gasteiger charge is -2.35. The van der Waals surface area contributed by atoms with Gasteiger partial charge in [0.1, 0.15) is 5.82 Å². The molecule has 1 aliphatic rings. The Labute approximate surface area is 154 Å². The molecule has 0 N–H and O–H groups in total. The molecule has 0 unspecified atom stereocenters. The second-order valence-corrected chi connectivity index (χ2v) is 7.61. The Kier molecular flexibility index (Phi) is 3.53. The Morgan fingerprint density at radius 1 is 0.923 bits per heavy atom. The largest absolute Gasteiger partial charge is 0.352 e. The van der Waals surface area contributed by atoms with E-state index in [1.165, 1.54) is 10.3 Å². The molecule has 0 amide bonds. The fraction of sp³-hybridized carbons (Fsp3) is 0.333. The number of hydrogen-bond acceptors (Lipinski definition) is 7. The lowest BCUT2D eigenvalue weighted by atomic mass is 10.2. The van der Waals surface area contributed by atoms with Crippen LogP contribution in [0, 0.1) is 13.8 Å². The second kappa shape index (κ2) is 5.91. The molecule has 7 nitrogen and oxygen atoms in total. The van der Waals surface area contributed by atoms with Crippen molar-refractivity contribution in [2.75, 3.05) is 36.0 Å². The third-order valence-electron chi connectivity index (χ3n) is 4.89. The number of anilines is 2. The minimum absolute atomic E-state index is 0.787. The molecule has 26 heavy (non-hydrogen) atoms. The summed E-state index contributed by atoms with van der Waals surface area (Å²) in [5.74, 6) is 1.78. The maximum atomic E-state index is 4.87. The molecule has 0 atom stereocenters. The van der Waals surface area contributed by atoms with Crippen LogP contribution in [0.3, 0.4) is 0 Å². The van der Waals surface area contributed by atoms with Crippen LogP contribution in [0.5, 0.6) is 0 Å². The van der Waals surface area contributed by atoms with Gasteiger partial charge in [0.2, 0.25) is 0 Å². The van der Waals surface area contributed by atoms with E-state index in [4.69, 9.17) is 4.98 Å². The van der Waals surface area contributed by atoms with E-state index in [2.05, 4.69) is 50.2 Å². The van der Waals surface area contributed by atoms with Gasteiger partial charge in [0, 0.05) is 26.2 Å². The first-order valence-corrected chi connectivity index (χ1v) is 9.56. The molecule has 0 bridgehead atoms. The third-order valence-corrected chi connectivity index (χ3v) is 5.97. The zero-order chi connectivity index (χ0) is 17.7. The van der Waals surface area contributed by atoms with Crippen molar-refractivity contribution in [1.29, 1.82) is 0 Å². The van der Waals surface area contributed by atoms with Crippen LogP contribution in [0.15, 0.2) is 30.3 Å². The Bertz CT molecular complexity index is 1080. The fourth-order valence-corrected chi connectivity index (χ4v) is 4.49. The molecular formula is C18H19N7S. The Hall–Kier alpha value is -2.74. The minimum Gasteiger partial charge on any atom is -0.352 e. The van der Waals surface area contributed by atoms with Crippen molar-refractivity contribution in [2.24, 2.45) is 0 Å². The van der Waals surface area contributed by atoms with Gasteiger partial charge in [0.15, 0.2) is 16.6 Å². The summed E-state index contributed by atoms with van der Waals surface area (Å²) in [6.45, 7) is 7.78. The summed E-state index contributed by atoms with van der Waals surface area (Å²) < 4.78 is 3.07. The normalized spacial score (nSPS) is 15.3. The summed E-state index contributed by atoms with van der Waals surface area (Å²) in [5.41, 5.74) is 3.16. The zero-order valence-corrected chi connectivity index (χ0v) is 15.6. The van der Waals surface area contributed by atoms with Gasteiger partial charge in [0.25, 0.3) is 0 Å². The standard InChI is InChI=1S/C18H19N7S/c1-12-4-3-5-14-17(12)19-18(26-14)24-10-8-23(9-11-24)16-7-6-15-21-20-13(2)25(15)22-16/h3-7H,8-11H2,1-2H3. The van der Waals surface area contributed by atoms with Crippen LogP contribution in [-0.4, -0.2) is 51.0 Å².